The van der Waals surface area contributed by atoms with Gasteiger partial charge >= 0.3 is 6.09 Å². The van der Waals surface area contributed by atoms with Crippen molar-refractivity contribution in [1.29, 1.82) is 0 Å². The van der Waals surface area contributed by atoms with Crippen molar-refractivity contribution in [3.8, 4) is 11.5 Å². The summed E-state index contributed by atoms with van der Waals surface area (Å²) in [4.78, 5) is 14.4. The van der Waals surface area contributed by atoms with E-state index in [1.54, 1.807) is 30.2 Å². The van der Waals surface area contributed by atoms with E-state index >= 15 is 0 Å². The average molecular weight is 572 g/mol. The minimum atomic E-state index is -3.80. The first-order valence-corrected chi connectivity index (χ1v) is 14.6. The molecule has 3 aromatic rings. The summed E-state index contributed by atoms with van der Waals surface area (Å²) in [6, 6.07) is 17.1. The third kappa shape index (κ3) is 6.86. The molecule has 1 atom stereocenters. The highest BCUT2D eigenvalue weighted by Crippen LogP contribution is 2.34. The van der Waals surface area contributed by atoms with Crippen LogP contribution in [-0.2, 0) is 21.2 Å². The molecule has 9 heteroatoms. The van der Waals surface area contributed by atoms with Gasteiger partial charge in [0.05, 0.1) is 21.9 Å². The van der Waals surface area contributed by atoms with Gasteiger partial charge in [-0.3, -0.25) is 0 Å². The van der Waals surface area contributed by atoms with E-state index in [2.05, 4.69) is 0 Å². The molecule has 0 bridgehead atoms. The van der Waals surface area contributed by atoms with Crippen LogP contribution in [0.25, 0.3) is 0 Å². The van der Waals surface area contributed by atoms with Crippen LogP contribution in [0.15, 0.2) is 70.5 Å². The summed E-state index contributed by atoms with van der Waals surface area (Å²) < 4.78 is 43.3. The molecule has 1 amide bonds. The molecule has 0 aromatic heterocycles. The van der Waals surface area contributed by atoms with E-state index in [-0.39, 0.29) is 33.4 Å². The number of rotatable bonds is 7. The predicted octanol–water partition coefficient (Wildman–Crippen LogP) is 6.79. The van der Waals surface area contributed by atoms with Crippen LogP contribution in [-0.4, -0.2) is 45.2 Å². The van der Waals surface area contributed by atoms with Crippen molar-refractivity contribution >= 4 is 27.5 Å². The van der Waals surface area contributed by atoms with Gasteiger partial charge in [-0.1, -0.05) is 29.8 Å². The van der Waals surface area contributed by atoms with Crippen molar-refractivity contribution in [3.63, 3.8) is 0 Å². The Bertz CT molecular complexity index is 1450. The molecule has 0 radical (unpaired) electrons. The Morgan fingerprint density at radius 2 is 1.69 bits per heavy atom. The second-order valence-electron chi connectivity index (χ2n) is 10.7. The number of benzene rings is 3. The summed E-state index contributed by atoms with van der Waals surface area (Å²) in [6.07, 6.45) is 0.468. The van der Waals surface area contributed by atoms with E-state index < -0.39 is 15.4 Å². The highest BCUT2D eigenvalue weighted by molar-refractivity contribution is 7.91. The Labute approximate surface area is 235 Å². The topological polar surface area (TPSA) is 82.1 Å². The highest BCUT2D eigenvalue weighted by atomic mass is 35.5. The Morgan fingerprint density at radius 1 is 1.03 bits per heavy atom. The normalized spacial score (nSPS) is 15.7. The maximum Gasteiger partial charge on any atom is 0.410 e. The lowest BCUT2D eigenvalue weighted by molar-refractivity contribution is 0.0292. The molecule has 1 fully saturated rings. The van der Waals surface area contributed by atoms with Crippen LogP contribution in [0.4, 0.5) is 4.79 Å². The third-order valence-electron chi connectivity index (χ3n) is 6.60. The molecule has 1 saturated heterocycles. The fraction of sp³-hybridized carbons (Fsp3) is 0.367. The molecule has 208 valence electrons. The number of carbonyl (C=O) groups is 1. The Balaban J connectivity index is 1.45. The van der Waals surface area contributed by atoms with Crippen LogP contribution in [0.2, 0.25) is 5.02 Å². The standard InChI is InChI=1S/C30H34ClNO6S/c1-20-16-24(10-12-26(20)22-14-15-32(18-22)29(33)38-30(2,3)4)39(34,35)25-11-13-28(27(31)17-25)37-19-21-6-8-23(36-5)9-7-21/h6-13,16-17,22H,14-15,18-19H2,1-5H3. The van der Waals surface area contributed by atoms with Gasteiger partial charge in [-0.2, -0.15) is 0 Å². The van der Waals surface area contributed by atoms with E-state index in [4.69, 9.17) is 25.8 Å². The van der Waals surface area contributed by atoms with Crippen molar-refractivity contribution in [2.75, 3.05) is 20.2 Å². The minimum absolute atomic E-state index is 0.0911. The van der Waals surface area contributed by atoms with Crippen molar-refractivity contribution < 1.29 is 27.4 Å². The smallest absolute Gasteiger partial charge is 0.410 e. The summed E-state index contributed by atoms with van der Waals surface area (Å²) >= 11 is 6.41. The van der Waals surface area contributed by atoms with Gasteiger partial charge in [0.2, 0.25) is 9.84 Å². The van der Waals surface area contributed by atoms with Crippen molar-refractivity contribution in [1.82, 2.24) is 4.90 Å². The molecule has 7 nitrogen and oxygen atoms in total. The number of nitrogens with zero attached hydrogens (tertiary/aromatic N) is 1. The van der Waals surface area contributed by atoms with E-state index in [0.717, 1.165) is 28.9 Å². The second kappa shape index (κ2) is 11.5. The first-order valence-electron chi connectivity index (χ1n) is 12.8. The van der Waals surface area contributed by atoms with Crippen LogP contribution in [0.3, 0.4) is 0 Å². The summed E-state index contributed by atoms with van der Waals surface area (Å²) in [7, 11) is -2.19. The first kappa shape index (κ1) is 28.8. The molecule has 4 rings (SSSR count). The SMILES string of the molecule is COc1ccc(COc2ccc(S(=O)(=O)c3ccc(C4CCN(C(=O)OC(C)(C)C)C4)c(C)c3)cc2Cl)cc1. The largest absolute Gasteiger partial charge is 0.497 e. The fourth-order valence-electron chi connectivity index (χ4n) is 4.56. The molecule has 1 aliphatic rings. The van der Waals surface area contributed by atoms with Crippen molar-refractivity contribution in [2.45, 2.75) is 62.0 Å². The fourth-order valence-corrected chi connectivity index (χ4v) is 6.24. The van der Waals surface area contributed by atoms with E-state index in [0.29, 0.717) is 18.8 Å². The van der Waals surface area contributed by atoms with Gasteiger partial charge in [0, 0.05) is 19.0 Å². The number of sulfone groups is 1. The third-order valence-corrected chi connectivity index (χ3v) is 8.64. The summed E-state index contributed by atoms with van der Waals surface area (Å²) in [5.41, 5.74) is 2.26. The van der Waals surface area contributed by atoms with Gasteiger partial charge in [-0.25, -0.2) is 13.2 Å². The number of likely N-dealkylation sites (tertiary alicyclic amines) is 1. The number of methoxy groups -OCH3 is 1. The van der Waals surface area contributed by atoms with Crippen LogP contribution < -0.4 is 9.47 Å². The summed E-state index contributed by atoms with van der Waals surface area (Å²) in [5.74, 6) is 1.26. The van der Waals surface area contributed by atoms with Crippen LogP contribution in [0, 0.1) is 6.92 Å². The van der Waals surface area contributed by atoms with Crippen LogP contribution in [0.5, 0.6) is 11.5 Å². The average Bonchev–Trinajstić information content (AvgIpc) is 3.37. The van der Waals surface area contributed by atoms with E-state index in [1.807, 2.05) is 58.0 Å². The lowest BCUT2D eigenvalue weighted by Gasteiger charge is -2.24. The Hall–Kier alpha value is -3.23. The molecule has 0 saturated carbocycles. The number of carbonyl (C=O) groups excluding carboxylic acids is 1. The predicted molar refractivity (Wildman–Crippen MR) is 151 cm³/mol. The Kier molecular flexibility index (Phi) is 8.47. The van der Waals surface area contributed by atoms with E-state index in [9.17, 15) is 13.2 Å². The highest BCUT2D eigenvalue weighted by Gasteiger charge is 2.31. The van der Waals surface area contributed by atoms with Gasteiger partial charge in [0.25, 0.3) is 0 Å². The zero-order valence-electron chi connectivity index (χ0n) is 22.9. The van der Waals surface area contributed by atoms with Gasteiger partial charge in [0.15, 0.2) is 0 Å². The molecule has 1 aliphatic heterocycles. The van der Waals surface area contributed by atoms with Gasteiger partial charge in [-0.15, -0.1) is 0 Å². The van der Waals surface area contributed by atoms with Gasteiger partial charge in [0.1, 0.15) is 23.7 Å². The number of ether oxygens (including phenoxy) is 3. The maximum absolute atomic E-state index is 13.4. The number of hydrogen-bond donors (Lipinski definition) is 0. The van der Waals surface area contributed by atoms with Gasteiger partial charge < -0.3 is 19.1 Å². The van der Waals surface area contributed by atoms with Crippen LogP contribution in [0.1, 0.15) is 49.8 Å². The second-order valence-corrected chi connectivity index (χ2v) is 13.0. The summed E-state index contributed by atoms with van der Waals surface area (Å²) in [5, 5.41) is 0.214. The quantitative estimate of drug-likeness (QED) is 0.310. The lowest BCUT2D eigenvalue weighted by atomic mass is 9.94. The van der Waals surface area contributed by atoms with Gasteiger partial charge in [-0.05, 0) is 93.3 Å². The van der Waals surface area contributed by atoms with Crippen molar-refractivity contribution in [3.05, 3.63) is 82.4 Å². The molecule has 39 heavy (non-hydrogen) atoms. The Morgan fingerprint density at radius 3 is 2.31 bits per heavy atom. The first-order chi connectivity index (χ1) is 18.4. The number of hydrogen-bond acceptors (Lipinski definition) is 6. The number of amides is 1. The molecule has 1 heterocycles. The number of halogens is 1. The number of aryl methyl sites for hydroxylation is 1. The monoisotopic (exact) mass is 571 g/mol. The molecule has 0 spiro atoms. The molecule has 3 aromatic carbocycles. The molecular formula is C30H34ClNO6S. The zero-order chi connectivity index (χ0) is 28.4. The summed E-state index contributed by atoms with van der Waals surface area (Å²) in [6.45, 7) is 8.85. The maximum atomic E-state index is 13.4. The van der Waals surface area contributed by atoms with Crippen molar-refractivity contribution in [2.24, 2.45) is 0 Å². The lowest BCUT2D eigenvalue weighted by Crippen LogP contribution is -2.35. The molecular weight excluding hydrogens is 538 g/mol. The van der Waals surface area contributed by atoms with Crippen LogP contribution >= 0.6 is 11.6 Å². The minimum Gasteiger partial charge on any atom is -0.497 e. The van der Waals surface area contributed by atoms with E-state index in [1.165, 1.54) is 12.1 Å². The molecule has 0 N–H and O–H groups in total. The molecule has 0 aliphatic carbocycles. The molecule has 1 unspecified atom stereocenters. The zero-order valence-corrected chi connectivity index (χ0v) is 24.4.